The minimum absolute atomic E-state index is 0.0530. The van der Waals surface area contributed by atoms with Crippen molar-refractivity contribution in [3.63, 3.8) is 0 Å². The number of aromatic nitrogens is 2. The van der Waals surface area contributed by atoms with Crippen LogP contribution in [-0.2, 0) is 18.4 Å². The molecule has 1 fully saturated rings. The highest BCUT2D eigenvalue weighted by Gasteiger charge is 2.31. The number of hydrogen-bond donors (Lipinski definition) is 0. The molecule has 0 amide bonds. The van der Waals surface area contributed by atoms with Gasteiger partial charge in [0.1, 0.15) is 23.0 Å². The van der Waals surface area contributed by atoms with Gasteiger partial charge < -0.3 is 18.9 Å². The zero-order valence-electron chi connectivity index (χ0n) is 18.7. The van der Waals surface area contributed by atoms with Crippen molar-refractivity contribution in [1.82, 2.24) is 9.55 Å². The molecular formula is C24H23F3N4O3. The lowest BCUT2D eigenvalue weighted by molar-refractivity contribution is -0.274. The highest BCUT2D eigenvalue weighted by molar-refractivity contribution is 5.88. The molecular weight excluding hydrogens is 449 g/mol. The number of nitrogens with zero attached hydrogens (tertiary/aromatic N) is 4. The van der Waals surface area contributed by atoms with Gasteiger partial charge in [-0.15, -0.1) is 13.2 Å². The maximum Gasteiger partial charge on any atom is 0.573 e. The average Bonchev–Trinajstić information content (AvgIpc) is 2.80. The van der Waals surface area contributed by atoms with Crippen LogP contribution in [0.4, 0.5) is 18.9 Å². The van der Waals surface area contributed by atoms with Gasteiger partial charge >= 0.3 is 6.36 Å². The summed E-state index contributed by atoms with van der Waals surface area (Å²) in [5.41, 5.74) is 2.83. The normalized spacial score (nSPS) is 18.6. The Balaban J connectivity index is 1.44. The maximum absolute atomic E-state index is 12.5. The first-order chi connectivity index (χ1) is 16.1. The van der Waals surface area contributed by atoms with Gasteiger partial charge in [-0.3, -0.25) is 4.79 Å². The van der Waals surface area contributed by atoms with Crippen molar-refractivity contribution >= 4 is 16.7 Å². The predicted molar refractivity (Wildman–Crippen MR) is 119 cm³/mol. The van der Waals surface area contributed by atoms with Gasteiger partial charge in [-0.2, -0.15) is 5.26 Å². The number of fused-ring (bicyclic) bond motifs is 1. The first-order valence-electron chi connectivity index (χ1n) is 10.8. The van der Waals surface area contributed by atoms with Crippen LogP contribution in [0.5, 0.6) is 5.75 Å². The quantitative estimate of drug-likeness (QED) is 0.556. The van der Waals surface area contributed by atoms with Crippen LogP contribution in [0.15, 0.2) is 47.3 Å². The van der Waals surface area contributed by atoms with E-state index in [-0.39, 0.29) is 35.6 Å². The molecule has 4 rings (SSSR count). The smallest absolute Gasteiger partial charge is 0.406 e. The summed E-state index contributed by atoms with van der Waals surface area (Å²) in [4.78, 5) is 19.0. The molecule has 10 heteroatoms. The standard InChI is InChI=1S/C24H23F3N4O3/c1-15-13-31(20-11-22(32)30(2)19-8-5-17(12-28)29-23(19)20)10-9-21(15)33-14-16-3-6-18(7-4-16)34-24(25,26)27/h3-8,11,15,21H,9-10,13-14H2,1-2H3. The van der Waals surface area contributed by atoms with Crippen LogP contribution < -0.4 is 15.2 Å². The van der Waals surface area contributed by atoms with Gasteiger partial charge in [0.15, 0.2) is 0 Å². The molecule has 178 valence electrons. The van der Waals surface area contributed by atoms with E-state index in [1.54, 1.807) is 37.4 Å². The van der Waals surface area contributed by atoms with E-state index < -0.39 is 6.36 Å². The fourth-order valence-corrected chi connectivity index (χ4v) is 4.20. The van der Waals surface area contributed by atoms with Crippen molar-refractivity contribution in [2.45, 2.75) is 32.4 Å². The fraction of sp³-hybridized carbons (Fsp3) is 0.375. The number of pyridine rings is 2. The van der Waals surface area contributed by atoms with E-state index in [0.717, 1.165) is 5.56 Å². The van der Waals surface area contributed by atoms with E-state index in [9.17, 15) is 23.2 Å². The molecule has 3 aromatic rings. The Morgan fingerprint density at radius 1 is 1.21 bits per heavy atom. The van der Waals surface area contributed by atoms with Gasteiger partial charge in [0.25, 0.3) is 5.56 Å². The summed E-state index contributed by atoms with van der Waals surface area (Å²) in [7, 11) is 1.67. The van der Waals surface area contributed by atoms with Crippen molar-refractivity contribution in [2.75, 3.05) is 18.0 Å². The molecule has 0 saturated carbocycles. The molecule has 2 aromatic heterocycles. The number of hydrogen-bond acceptors (Lipinski definition) is 6. The van der Waals surface area contributed by atoms with Crippen molar-refractivity contribution in [3.05, 3.63) is 64.1 Å². The Kier molecular flexibility index (Phi) is 6.48. The van der Waals surface area contributed by atoms with E-state index in [1.807, 2.05) is 6.07 Å². The SMILES string of the molecule is CC1CN(c2cc(=O)n(C)c3ccc(C#N)nc23)CCC1OCc1ccc(OC(F)(F)F)cc1. The molecule has 7 nitrogen and oxygen atoms in total. The number of anilines is 1. The minimum atomic E-state index is -4.72. The lowest BCUT2D eigenvalue weighted by Crippen LogP contribution is -2.43. The van der Waals surface area contributed by atoms with Gasteiger partial charge in [-0.1, -0.05) is 19.1 Å². The zero-order valence-corrected chi connectivity index (χ0v) is 18.7. The van der Waals surface area contributed by atoms with E-state index in [4.69, 9.17) is 4.74 Å². The summed E-state index contributed by atoms with van der Waals surface area (Å²) in [6.45, 7) is 3.58. The molecule has 1 aliphatic rings. The van der Waals surface area contributed by atoms with Crippen LogP contribution in [0.2, 0.25) is 0 Å². The summed E-state index contributed by atoms with van der Waals surface area (Å²) >= 11 is 0. The second-order valence-electron chi connectivity index (χ2n) is 8.36. The molecule has 0 radical (unpaired) electrons. The Morgan fingerprint density at radius 3 is 2.59 bits per heavy atom. The largest absolute Gasteiger partial charge is 0.573 e. The van der Waals surface area contributed by atoms with Gasteiger partial charge in [-0.25, -0.2) is 4.98 Å². The summed E-state index contributed by atoms with van der Waals surface area (Å²) in [6, 6.07) is 12.5. The number of benzene rings is 1. The minimum Gasteiger partial charge on any atom is -0.406 e. The number of piperidine rings is 1. The van der Waals surface area contributed by atoms with E-state index in [2.05, 4.69) is 21.5 Å². The summed E-state index contributed by atoms with van der Waals surface area (Å²) < 4.78 is 48.4. The predicted octanol–water partition coefficient (Wildman–Crippen LogP) is 4.14. The molecule has 2 unspecified atom stereocenters. The number of rotatable bonds is 5. The van der Waals surface area contributed by atoms with Crippen LogP contribution in [0.3, 0.4) is 0 Å². The lowest BCUT2D eigenvalue weighted by Gasteiger charge is -2.38. The van der Waals surface area contributed by atoms with Crippen molar-refractivity contribution in [1.29, 1.82) is 5.26 Å². The highest BCUT2D eigenvalue weighted by atomic mass is 19.4. The van der Waals surface area contributed by atoms with E-state index in [1.165, 1.54) is 16.7 Å². The number of aryl methyl sites for hydroxylation is 1. The second-order valence-corrected chi connectivity index (χ2v) is 8.36. The third-order valence-corrected chi connectivity index (χ3v) is 5.97. The van der Waals surface area contributed by atoms with Crippen molar-refractivity contribution in [2.24, 2.45) is 13.0 Å². The van der Waals surface area contributed by atoms with Crippen molar-refractivity contribution in [3.8, 4) is 11.8 Å². The number of halogens is 3. The third kappa shape index (κ3) is 5.15. The number of alkyl halides is 3. The molecule has 2 atom stereocenters. The van der Waals surface area contributed by atoms with E-state index in [0.29, 0.717) is 36.2 Å². The van der Waals surface area contributed by atoms with Crippen LogP contribution in [0.25, 0.3) is 11.0 Å². The first kappa shape index (κ1) is 23.6. The Labute approximate surface area is 194 Å². The number of ether oxygens (including phenoxy) is 2. The molecule has 0 N–H and O–H groups in total. The molecule has 34 heavy (non-hydrogen) atoms. The molecule has 1 saturated heterocycles. The van der Waals surface area contributed by atoms with Crippen LogP contribution in [0, 0.1) is 17.2 Å². The summed E-state index contributed by atoms with van der Waals surface area (Å²) in [6.07, 6.45) is -4.07. The lowest BCUT2D eigenvalue weighted by atomic mass is 9.95. The maximum atomic E-state index is 12.5. The molecule has 3 heterocycles. The van der Waals surface area contributed by atoms with Gasteiger partial charge in [-0.05, 0) is 42.2 Å². The average molecular weight is 472 g/mol. The number of nitriles is 1. The van der Waals surface area contributed by atoms with Gasteiger partial charge in [0, 0.05) is 26.2 Å². The van der Waals surface area contributed by atoms with Crippen LogP contribution >= 0.6 is 0 Å². The third-order valence-electron chi connectivity index (χ3n) is 5.97. The summed E-state index contributed by atoms with van der Waals surface area (Å²) in [5.74, 6) is -0.146. The Hall–Kier alpha value is -3.58. The van der Waals surface area contributed by atoms with Crippen LogP contribution in [-0.4, -0.2) is 35.1 Å². The zero-order chi connectivity index (χ0) is 24.5. The van der Waals surface area contributed by atoms with E-state index >= 15 is 0 Å². The molecule has 1 aromatic carbocycles. The summed E-state index contributed by atoms with van der Waals surface area (Å²) in [5, 5.41) is 9.25. The fourth-order valence-electron chi connectivity index (χ4n) is 4.20. The van der Waals surface area contributed by atoms with Gasteiger partial charge in [0.2, 0.25) is 0 Å². The molecule has 0 spiro atoms. The second kappa shape index (κ2) is 9.35. The molecule has 1 aliphatic heterocycles. The van der Waals surface area contributed by atoms with Gasteiger partial charge in [0.05, 0.1) is 23.9 Å². The topological polar surface area (TPSA) is 80.4 Å². The highest BCUT2D eigenvalue weighted by Crippen LogP contribution is 2.30. The first-order valence-corrected chi connectivity index (χ1v) is 10.8. The Bertz CT molecular complexity index is 1280. The van der Waals surface area contributed by atoms with Crippen LogP contribution in [0.1, 0.15) is 24.6 Å². The Morgan fingerprint density at radius 2 is 1.94 bits per heavy atom. The van der Waals surface area contributed by atoms with Crippen molar-refractivity contribution < 1.29 is 22.6 Å². The molecule has 0 aliphatic carbocycles. The monoisotopic (exact) mass is 472 g/mol. The molecule has 0 bridgehead atoms.